The molecule has 2 N–H and O–H groups in total. The van der Waals surface area contributed by atoms with Crippen molar-refractivity contribution in [2.45, 2.75) is 39.0 Å². The number of nitrogens with zero attached hydrogens (tertiary/aromatic N) is 3. The van der Waals surface area contributed by atoms with Gasteiger partial charge in [-0.05, 0) is 62.1 Å². The lowest BCUT2D eigenvalue weighted by Crippen LogP contribution is -2.36. The molecule has 0 spiro atoms. The summed E-state index contributed by atoms with van der Waals surface area (Å²) in [6.07, 6.45) is 4.40. The first-order valence-corrected chi connectivity index (χ1v) is 13.2. The predicted molar refractivity (Wildman–Crippen MR) is 139 cm³/mol. The largest absolute Gasteiger partial charge is 0.378 e. The van der Waals surface area contributed by atoms with Crippen LogP contribution in [0, 0.1) is 11.3 Å². The Kier molecular flexibility index (Phi) is 8.74. The van der Waals surface area contributed by atoms with E-state index >= 15 is 0 Å². The highest BCUT2D eigenvalue weighted by molar-refractivity contribution is 7.16. The minimum Gasteiger partial charge on any atom is -0.378 e. The summed E-state index contributed by atoms with van der Waals surface area (Å²) in [6, 6.07) is 10.1. The van der Waals surface area contributed by atoms with Crippen LogP contribution in [0.5, 0.6) is 0 Å². The highest BCUT2D eigenvalue weighted by Gasteiger charge is 2.22. The Morgan fingerprint density at radius 1 is 1.11 bits per heavy atom. The smallest absolute Gasteiger partial charge is 0.238 e. The molecule has 1 aliphatic heterocycles. The van der Waals surface area contributed by atoms with Crippen LogP contribution < -0.4 is 15.5 Å². The number of benzene rings is 1. The number of rotatable bonds is 9. The molecule has 35 heavy (non-hydrogen) atoms. The molecule has 8 nitrogen and oxygen atoms in total. The first kappa shape index (κ1) is 25.2. The maximum absolute atomic E-state index is 12.6. The van der Waals surface area contributed by atoms with Gasteiger partial charge < -0.3 is 20.3 Å². The zero-order valence-electron chi connectivity index (χ0n) is 20.3. The van der Waals surface area contributed by atoms with Crippen molar-refractivity contribution in [2.75, 3.05) is 61.5 Å². The van der Waals surface area contributed by atoms with Gasteiger partial charge in [0.2, 0.25) is 11.8 Å². The number of anilines is 3. The topological polar surface area (TPSA) is 97.7 Å². The molecule has 1 fully saturated rings. The van der Waals surface area contributed by atoms with E-state index in [1.807, 2.05) is 36.1 Å². The van der Waals surface area contributed by atoms with Crippen molar-refractivity contribution in [3.63, 3.8) is 0 Å². The highest BCUT2D eigenvalue weighted by atomic mass is 32.1. The molecule has 2 amide bonds. The molecular weight excluding hydrogens is 462 g/mol. The molecule has 9 heteroatoms. The lowest BCUT2D eigenvalue weighted by atomic mass is 9.96. The lowest BCUT2D eigenvalue weighted by molar-refractivity contribution is -0.119. The number of nitriles is 1. The molecule has 1 aromatic heterocycles. The molecule has 0 radical (unpaired) electrons. The third-order valence-electron chi connectivity index (χ3n) is 6.53. The number of amides is 2. The van der Waals surface area contributed by atoms with Crippen LogP contribution in [-0.4, -0.2) is 62.7 Å². The number of fused-ring (bicyclic) bond motifs is 1. The summed E-state index contributed by atoms with van der Waals surface area (Å²) >= 11 is 1.54. The van der Waals surface area contributed by atoms with Gasteiger partial charge in [0.1, 0.15) is 11.1 Å². The molecule has 0 atom stereocenters. The van der Waals surface area contributed by atoms with Crippen LogP contribution >= 0.6 is 11.3 Å². The Bertz CT molecular complexity index is 1070. The monoisotopic (exact) mass is 495 g/mol. The van der Waals surface area contributed by atoms with Gasteiger partial charge in [-0.15, -0.1) is 11.3 Å². The number of thiophene rings is 1. The number of hydrogen-bond donors (Lipinski definition) is 2. The fourth-order valence-corrected chi connectivity index (χ4v) is 5.81. The van der Waals surface area contributed by atoms with E-state index < -0.39 is 0 Å². The number of carbonyl (C=O) groups is 2. The molecule has 1 saturated heterocycles. The van der Waals surface area contributed by atoms with Crippen molar-refractivity contribution in [3.8, 4) is 6.07 Å². The Morgan fingerprint density at radius 3 is 2.57 bits per heavy atom. The maximum atomic E-state index is 12.6. The van der Waals surface area contributed by atoms with E-state index in [9.17, 15) is 14.9 Å². The third kappa shape index (κ3) is 6.60. The van der Waals surface area contributed by atoms with Crippen molar-refractivity contribution in [3.05, 3.63) is 40.3 Å². The fourth-order valence-electron chi connectivity index (χ4n) is 4.55. The van der Waals surface area contributed by atoms with Gasteiger partial charge in [0.25, 0.3) is 0 Å². The standard InChI is InChI=1S/C26H33N5O3S/c1-2-30(12-11-24(32)29-26-22(17-27)21-5-3-4-6-23(21)35-26)18-25(33)28-19-7-9-20(10-8-19)31-13-15-34-16-14-31/h7-10H,2-6,11-16,18H2,1H3,(H,28,33)(H,29,32). The van der Waals surface area contributed by atoms with Crippen molar-refractivity contribution in [1.29, 1.82) is 5.26 Å². The molecular formula is C26H33N5O3S. The van der Waals surface area contributed by atoms with Gasteiger partial charge in [-0.1, -0.05) is 6.92 Å². The zero-order chi connectivity index (χ0) is 24.6. The number of morpholine rings is 1. The number of aryl methyl sites for hydroxylation is 1. The predicted octanol–water partition coefficient (Wildman–Crippen LogP) is 3.62. The Balaban J connectivity index is 1.24. The third-order valence-corrected chi connectivity index (χ3v) is 7.74. The van der Waals surface area contributed by atoms with Crippen LogP contribution in [0.3, 0.4) is 0 Å². The number of likely N-dealkylation sites (N-methyl/N-ethyl adjacent to an activating group) is 1. The Hall–Kier alpha value is -2.93. The van der Waals surface area contributed by atoms with E-state index in [1.54, 1.807) is 0 Å². The lowest BCUT2D eigenvalue weighted by Gasteiger charge is -2.29. The minimum absolute atomic E-state index is 0.107. The average Bonchev–Trinajstić information content (AvgIpc) is 3.24. The van der Waals surface area contributed by atoms with E-state index in [0.717, 1.165) is 68.9 Å². The van der Waals surface area contributed by atoms with Crippen molar-refractivity contribution >= 4 is 39.5 Å². The van der Waals surface area contributed by atoms with Crippen LogP contribution in [0.15, 0.2) is 24.3 Å². The fraction of sp³-hybridized carbons (Fsp3) is 0.500. The van der Waals surface area contributed by atoms with Crippen LogP contribution in [0.4, 0.5) is 16.4 Å². The van der Waals surface area contributed by atoms with Crippen LogP contribution in [0.1, 0.15) is 42.2 Å². The van der Waals surface area contributed by atoms with Gasteiger partial charge in [-0.25, -0.2) is 0 Å². The molecule has 1 aliphatic carbocycles. The molecule has 2 heterocycles. The first-order valence-electron chi connectivity index (χ1n) is 12.4. The summed E-state index contributed by atoms with van der Waals surface area (Å²) in [5, 5.41) is 16.1. The van der Waals surface area contributed by atoms with Gasteiger partial charge in [-0.3, -0.25) is 14.5 Å². The van der Waals surface area contributed by atoms with Crippen molar-refractivity contribution in [1.82, 2.24) is 4.90 Å². The van der Waals surface area contributed by atoms with Crippen LogP contribution in [0.2, 0.25) is 0 Å². The quantitative estimate of drug-likeness (QED) is 0.551. The van der Waals surface area contributed by atoms with E-state index in [4.69, 9.17) is 4.74 Å². The van der Waals surface area contributed by atoms with E-state index in [-0.39, 0.29) is 24.8 Å². The number of carbonyl (C=O) groups excluding carboxylic acids is 2. The highest BCUT2D eigenvalue weighted by Crippen LogP contribution is 2.37. The van der Waals surface area contributed by atoms with Crippen LogP contribution in [-0.2, 0) is 27.2 Å². The van der Waals surface area contributed by atoms with Gasteiger partial charge in [0, 0.05) is 42.3 Å². The molecule has 4 rings (SSSR count). The van der Waals surface area contributed by atoms with Gasteiger partial charge >= 0.3 is 0 Å². The molecule has 2 aliphatic rings. The summed E-state index contributed by atoms with van der Waals surface area (Å²) in [5.41, 5.74) is 3.62. The van der Waals surface area contributed by atoms with E-state index in [0.29, 0.717) is 23.7 Å². The van der Waals surface area contributed by atoms with E-state index in [1.165, 1.54) is 16.2 Å². The van der Waals surface area contributed by atoms with Crippen molar-refractivity contribution < 1.29 is 14.3 Å². The minimum atomic E-state index is -0.127. The Labute approximate surface area is 210 Å². The van der Waals surface area contributed by atoms with Gasteiger partial charge in [0.05, 0.1) is 25.3 Å². The normalized spacial score (nSPS) is 15.4. The summed E-state index contributed by atoms with van der Waals surface area (Å²) in [5.74, 6) is -0.235. The zero-order valence-corrected chi connectivity index (χ0v) is 21.1. The molecule has 0 bridgehead atoms. The second kappa shape index (κ2) is 12.2. The second-order valence-electron chi connectivity index (χ2n) is 8.89. The SMILES string of the molecule is CCN(CCC(=O)Nc1sc2c(c1C#N)CCCC2)CC(=O)Nc1ccc(N2CCOCC2)cc1. The molecule has 186 valence electrons. The molecule has 0 saturated carbocycles. The molecule has 0 unspecified atom stereocenters. The van der Waals surface area contributed by atoms with Crippen LogP contribution in [0.25, 0.3) is 0 Å². The van der Waals surface area contributed by atoms with Gasteiger partial charge in [0.15, 0.2) is 0 Å². The maximum Gasteiger partial charge on any atom is 0.238 e. The Morgan fingerprint density at radius 2 is 1.86 bits per heavy atom. The first-order chi connectivity index (χ1) is 17.1. The summed E-state index contributed by atoms with van der Waals surface area (Å²) < 4.78 is 5.40. The number of nitrogens with one attached hydrogen (secondary N) is 2. The van der Waals surface area contributed by atoms with E-state index in [2.05, 4.69) is 21.6 Å². The summed E-state index contributed by atoms with van der Waals surface area (Å²) in [7, 11) is 0. The van der Waals surface area contributed by atoms with Crippen molar-refractivity contribution in [2.24, 2.45) is 0 Å². The number of hydrogen-bond acceptors (Lipinski definition) is 7. The second-order valence-corrected chi connectivity index (χ2v) is 9.99. The average molecular weight is 496 g/mol. The summed E-state index contributed by atoms with van der Waals surface area (Å²) in [6.45, 7) is 6.53. The summed E-state index contributed by atoms with van der Waals surface area (Å²) in [4.78, 5) is 30.6. The molecule has 1 aromatic carbocycles. The number of ether oxygens (including phenoxy) is 1. The molecule has 2 aromatic rings. The van der Waals surface area contributed by atoms with Gasteiger partial charge in [-0.2, -0.15) is 5.26 Å².